The minimum absolute atomic E-state index is 0.112. The van der Waals surface area contributed by atoms with E-state index in [9.17, 15) is 23.3 Å². The average Bonchev–Trinajstić information content (AvgIpc) is 2.50. The molecule has 0 unspecified atom stereocenters. The highest BCUT2D eigenvalue weighted by Gasteiger charge is 2.23. The number of sulfonamides is 1. The number of allylic oxidation sites excluding steroid dienone is 4. The van der Waals surface area contributed by atoms with E-state index in [1.54, 1.807) is 13.8 Å². The number of non-ortho nitro benzene ring substituents is 1. The zero-order chi connectivity index (χ0) is 17.4. The summed E-state index contributed by atoms with van der Waals surface area (Å²) in [6, 6.07) is 4.63. The summed E-state index contributed by atoms with van der Waals surface area (Å²) in [5, 5.41) is 10.8. The van der Waals surface area contributed by atoms with Gasteiger partial charge in [0.1, 0.15) is 0 Å². The van der Waals surface area contributed by atoms with Gasteiger partial charge in [-0.25, -0.2) is 0 Å². The number of nitro benzene ring substituents is 1. The standard InChI is InChI=1S/C14H11BrN2O5S/c1-8-6-12(9(2)13(15)14(8)18)16-23(21,22)11-5-3-4-10(7-11)17(19)20/h3-7H,1-2H3. The van der Waals surface area contributed by atoms with Gasteiger partial charge >= 0.3 is 0 Å². The quantitative estimate of drug-likeness (QED) is 0.441. The first kappa shape index (κ1) is 17.2. The number of rotatable bonds is 3. The molecule has 0 N–H and O–H groups in total. The van der Waals surface area contributed by atoms with Crippen LogP contribution in [0, 0.1) is 10.1 Å². The van der Waals surface area contributed by atoms with Crippen molar-refractivity contribution < 1.29 is 18.1 Å². The van der Waals surface area contributed by atoms with Crippen molar-refractivity contribution in [2.45, 2.75) is 18.7 Å². The number of halogens is 1. The van der Waals surface area contributed by atoms with Crippen molar-refractivity contribution in [2.24, 2.45) is 4.40 Å². The molecule has 0 saturated heterocycles. The van der Waals surface area contributed by atoms with Crippen LogP contribution < -0.4 is 0 Å². The second kappa shape index (κ2) is 6.17. The summed E-state index contributed by atoms with van der Waals surface area (Å²) >= 11 is 3.12. The Balaban J connectivity index is 2.55. The highest BCUT2D eigenvalue weighted by Crippen LogP contribution is 2.26. The van der Waals surface area contributed by atoms with Crippen molar-refractivity contribution in [1.29, 1.82) is 0 Å². The van der Waals surface area contributed by atoms with Crippen molar-refractivity contribution in [3.8, 4) is 0 Å². The van der Waals surface area contributed by atoms with Gasteiger partial charge in [0.05, 0.1) is 20.0 Å². The van der Waals surface area contributed by atoms with Crippen LogP contribution in [0.3, 0.4) is 0 Å². The molecule has 1 aromatic rings. The van der Waals surface area contributed by atoms with Gasteiger partial charge in [0.25, 0.3) is 15.7 Å². The van der Waals surface area contributed by atoms with Crippen LogP contribution in [0.1, 0.15) is 13.8 Å². The summed E-state index contributed by atoms with van der Waals surface area (Å²) < 4.78 is 28.7. The molecule has 1 aromatic carbocycles. The highest BCUT2D eigenvalue weighted by atomic mass is 79.9. The van der Waals surface area contributed by atoms with Crippen LogP contribution in [0.5, 0.6) is 0 Å². The first-order valence-electron chi connectivity index (χ1n) is 6.32. The number of hydrogen-bond donors (Lipinski definition) is 0. The second-order valence-electron chi connectivity index (χ2n) is 4.80. The van der Waals surface area contributed by atoms with E-state index in [1.165, 1.54) is 24.3 Å². The fourth-order valence-corrected chi connectivity index (χ4v) is 3.46. The Bertz CT molecular complexity index is 913. The summed E-state index contributed by atoms with van der Waals surface area (Å²) in [6.45, 7) is 3.11. The lowest BCUT2D eigenvalue weighted by atomic mass is 9.99. The van der Waals surface area contributed by atoms with Gasteiger partial charge in [-0.3, -0.25) is 14.9 Å². The Labute approximate surface area is 140 Å². The molecule has 0 bridgehead atoms. The summed E-state index contributed by atoms with van der Waals surface area (Å²) in [4.78, 5) is 21.6. The molecule has 0 atom stereocenters. The third kappa shape index (κ3) is 3.45. The van der Waals surface area contributed by atoms with Crippen LogP contribution in [0.15, 0.2) is 55.3 Å². The van der Waals surface area contributed by atoms with Gasteiger partial charge in [0.15, 0.2) is 5.78 Å². The van der Waals surface area contributed by atoms with Crippen molar-refractivity contribution in [2.75, 3.05) is 0 Å². The molecule has 0 radical (unpaired) electrons. The number of carbonyl (C=O) groups is 1. The van der Waals surface area contributed by atoms with Gasteiger partial charge in [-0.1, -0.05) is 6.07 Å². The Morgan fingerprint density at radius 2 is 1.91 bits per heavy atom. The normalized spacial score (nSPS) is 17.4. The van der Waals surface area contributed by atoms with Crippen molar-refractivity contribution >= 4 is 43.1 Å². The SMILES string of the molecule is CC1=CC(=NS(=O)(=O)c2cccc([N+](=O)[O-])c2)C(C)=C(Br)C1=O. The predicted molar refractivity (Wildman–Crippen MR) is 88.1 cm³/mol. The molecule has 0 fully saturated rings. The predicted octanol–water partition coefficient (Wildman–Crippen LogP) is 2.92. The van der Waals surface area contributed by atoms with Crippen LogP contribution in [0.4, 0.5) is 5.69 Å². The Morgan fingerprint density at radius 1 is 1.26 bits per heavy atom. The Kier molecular flexibility index (Phi) is 4.62. The number of hydrogen-bond acceptors (Lipinski definition) is 5. The third-order valence-corrected chi connectivity index (χ3v) is 5.41. The number of carbonyl (C=O) groups excluding carboxylic acids is 1. The molecule has 1 aliphatic rings. The molecule has 7 nitrogen and oxygen atoms in total. The molecular formula is C14H11BrN2O5S. The van der Waals surface area contributed by atoms with Crippen molar-refractivity contribution in [3.63, 3.8) is 0 Å². The summed E-state index contributed by atoms with van der Waals surface area (Å²) in [6.07, 6.45) is 1.37. The van der Waals surface area contributed by atoms with Gasteiger partial charge in [0, 0.05) is 12.1 Å². The number of ketones is 1. The van der Waals surface area contributed by atoms with Crippen molar-refractivity contribution in [1.82, 2.24) is 0 Å². The van der Waals surface area contributed by atoms with Crippen LogP contribution >= 0.6 is 15.9 Å². The third-order valence-electron chi connectivity index (χ3n) is 3.17. The maximum absolute atomic E-state index is 12.4. The average molecular weight is 399 g/mol. The maximum Gasteiger partial charge on any atom is 0.283 e. The Hall–Kier alpha value is -2.13. The van der Waals surface area contributed by atoms with E-state index in [0.29, 0.717) is 11.1 Å². The molecule has 23 heavy (non-hydrogen) atoms. The van der Waals surface area contributed by atoms with Crippen LogP contribution in [0.2, 0.25) is 0 Å². The maximum atomic E-state index is 12.4. The molecule has 0 saturated carbocycles. The largest absolute Gasteiger partial charge is 0.288 e. The molecule has 2 rings (SSSR count). The molecule has 120 valence electrons. The molecular weight excluding hydrogens is 388 g/mol. The second-order valence-corrected chi connectivity index (χ2v) is 7.20. The summed E-state index contributed by atoms with van der Waals surface area (Å²) in [7, 11) is -4.14. The number of Topliss-reactive ketones (excluding diaryl/α,β-unsaturated/α-hetero) is 1. The zero-order valence-electron chi connectivity index (χ0n) is 12.1. The molecule has 0 amide bonds. The van der Waals surface area contributed by atoms with Crippen LogP contribution in [-0.4, -0.2) is 24.8 Å². The summed E-state index contributed by atoms with van der Waals surface area (Å²) in [5.74, 6) is -0.241. The lowest BCUT2D eigenvalue weighted by molar-refractivity contribution is -0.385. The summed E-state index contributed by atoms with van der Waals surface area (Å²) in [5.41, 5.74) is 0.496. The van der Waals surface area contributed by atoms with E-state index < -0.39 is 14.9 Å². The van der Waals surface area contributed by atoms with E-state index in [2.05, 4.69) is 20.3 Å². The van der Waals surface area contributed by atoms with E-state index in [1.807, 2.05) is 0 Å². The lowest BCUT2D eigenvalue weighted by Gasteiger charge is -2.13. The minimum Gasteiger partial charge on any atom is -0.288 e. The van der Waals surface area contributed by atoms with Gasteiger partial charge in [-0.05, 0) is 53.1 Å². The van der Waals surface area contributed by atoms with E-state index in [4.69, 9.17) is 0 Å². The molecule has 0 aliphatic heterocycles. The molecule has 1 aliphatic carbocycles. The zero-order valence-corrected chi connectivity index (χ0v) is 14.5. The number of nitrogens with zero attached hydrogens (tertiary/aromatic N) is 2. The molecule has 0 aromatic heterocycles. The topological polar surface area (TPSA) is 107 Å². The highest BCUT2D eigenvalue weighted by molar-refractivity contribution is 9.12. The van der Waals surface area contributed by atoms with Gasteiger partial charge in [0.2, 0.25) is 0 Å². The van der Waals surface area contributed by atoms with Crippen LogP contribution in [0.25, 0.3) is 0 Å². The monoisotopic (exact) mass is 398 g/mol. The van der Waals surface area contributed by atoms with Crippen molar-refractivity contribution in [3.05, 3.63) is 56.1 Å². The fraction of sp³-hybridized carbons (Fsp3) is 0.143. The number of nitro groups is 1. The molecule has 9 heteroatoms. The van der Waals surface area contributed by atoms with Crippen LogP contribution in [-0.2, 0) is 14.8 Å². The van der Waals surface area contributed by atoms with E-state index in [-0.39, 0.29) is 26.6 Å². The fourth-order valence-electron chi connectivity index (χ4n) is 1.87. The minimum atomic E-state index is -4.14. The molecule has 0 spiro atoms. The first-order valence-corrected chi connectivity index (χ1v) is 8.56. The smallest absolute Gasteiger partial charge is 0.283 e. The molecule has 0 heterocycles. The first-order chi connectivity index (χ1) is 10.6. The number of benzene rings is 1. The Morgan fingerprint density at radius 3 is 2.52 bits per heavy atom. The van der Waals surface area contributed by atoms with Gasteiger partial charge in [-0.2, -0.15) is 12.8 Å². The van der Waals surface area contributed by atoms with E-state index in [0.717, 1.165) is 6.07 Å². The lowest BCUT2D eigenvalue weighted by Crippen LogP contribution is -2.15. The van der Waals surface area contributed by atoms with Gasteiger partial charge < -0.3 is 0 Å². The van der Waals surface area contributed by atoms with Gasteiger partial charge in [-0.15, -0.1) is 0 Å². The van der Waals surface area contributed by atoms with E-state index >= 15 is 0 Å².